The van der Waals surface area contributed by atoms with Crippen LogP contribution in [-0.2, 0) is 4.79 Å². The van der Waals surface area contributed by atoms with Crippen molar-refractivity contribution in [2.45, 2.75) is 46.8 Å². The van der Waals surface area contributed by atoms with Gasteiger partial charge in [0.25, 0.3) is 0 Å². The molecule has 2 atom stereocenters. The Kier molecular flexibility index (Phi) is 5.57. The fourth-order valence-electron chi connectivity index (χ4n) is 1.71. The number of nitrogens with two attached hydrogens (primary N) is 1. The monoisotopic (exact) mass is 278 g/mol. The van der Waals surface area contributed by atoms with Crippen LogP contribution in [0.3, 0.4) is 0 Å². The molecule has 20 heavy (non-hydrogen) atoms. The number of hydrogen-bond acceptors (Lipinski definition) is 3. The molecule has 0 spiro atoms. The van der Waals surface area contributed by atoms with Gasteiger partial charge >= 0.3 is 0 Å². The minimum atomic E-state index is -0.520. The molecule has 1 amide bonds. The molecule has 4 nitrogen and oxygen atoms in total. The Morgan fingerprint density at radius 2 is 2.05 bits per heavy atom. The van der Waals surface area contributed by atoms with E-state index in [0.717, 1.165) is 11.3 Å². The summed E-state index contributed by atoms with van der Waals surface area (Å²) in [6.45, 7) is 10.2. The van der Waals surface area contributed by atoms with E-state index in [1.54, 1.807) is 0 Å². The van der Waals surface area contributed by atoms with Crippen molar-refractivity contribution in [3.8, 4) is 5.75 Å². The molecule has 0 aromatic heterocycles. The van der Waals surface area contributed by atoms with Crippen LogP contribution >= 0.6 is 0 Å². The molecule has 1 aromatic rings. The van der Waals surface area contributed by atoms with E-state index in [2.05, 4.69) is 5.32 Å². The van der Waals surface area contributed by atoms with Crippen LogP contribution in [0.1, 0.15) is 33.3 Å². The number of aryl methyl sites for hydroxylation is 1. The first-order chi connectivity index (χ1) is 9.20. The summed E-state index contributed by atoms with van der Waals surface area (Å²) in [5.41, 5.74) is 6.80. The smallest absolute Gasteiger partial charge is 0.237 e. The van der Waals surface area contributed by atoms with Gasteiger partial charge < -0.3 is 15.8 Å². The fraction of sp³-hybridized carbons (Fsp3) is 0.562. The quantitative estimate of drug-likeness (QED) is 0.868. The Labute approximate surface area is 121 Å². The molecule has 0 fully saturated rings. The lowest BCUT2D eigenvalue weighted by molar-refractivity contribution is -0.124. The average Bonchev–Trinajstić information content (AvgIpc) is 2.34. The van der Waals surface area contributed by atoms with Gasteiger partial charge in [0.2, 0.25) is 5.91 Å². The molecule has 0 heterocycles. The van der Waals surface area contributed by atoms with Gasteiger partial charge in [-0.2, -0.15) is 0 Å². The van der Waals surface area contributed by atoms with Crippen LogP contribution in [0.2, 0.25) is 0 Å². The van der Waals surface area contributed by atoms with Crippen molar-refractivity contribution >= 4 is 5.91 Å². The molecular formula is C16H26N2O2. The van der Waals surface area contributed by atoms with Gasteiger partial charge in [0, 0.05) is 0 Å². The molecule has 3 N–H and O–H groups in total. The molecule has 0 radical (unpaired) electrons. The summed E-state index contributed by atoms with van der Waals surface area (Å²) < 4.78 is 5.76. The molecule has 112 valence electrons. The molecule has 0 aliphatic heterocycles. The summed E-state index contributed by atoms with van der Waals surface area (Å²) in [6, 6.07) is 7.33. The highest BCUT2D eigenvalue weighted by Crippen LogP contribution is 2.17. The second kappa shape index (κ2) is 6.75. The maximum atomic E-state index is 11.9. The Hall–Kier alpha value is -1.55. The van der Waals surface area contributed by atoms with Gasteiger partial charge in [0.05, 0.1) is 12.6 Å². The lowest BCUT2D eigenvalue weighted by Crippen LogP contribution is -2.50. The third-order valence-electron chi connectivity index (χ3n) is 3.11. The number of benzene rings is 1. The Bertz CT molecular complexity index is 452. The summed E-state index contributed by atoms with van der Waals surface area (Å²) >= 11 is 0. The topological polar surface area (TPSA) is 64.3 Å². The van der Waals surface area contributed by atoms with Crippen molar-refractivity contribution in [1.82, 2.24) is 5.32 Å². The van der Waals surface area contributed by atoms with Crippen molar-refractivity contribution in [3.63, 3.8) is 0 Å². The van der Waals surface area contributed by atoms with Crippen LogP contribution in [0.5, 0.6) is 5.75 Å². The number of hydrogen-bond donors (Lipinski definition) is 2. The van der Waals surface area contributed by atoms with Crippen molar-refractivity contribution in [1.29, 1.82) is 0 Å². The predicted molar refractivity (Wildman–Crippen MR) is 81.7 cm³/mol. The Morgan fingerprint density at radius 1 is 1.40 bits per heavy atom. The molecular weight excluding hydrogens is 252 g/mol. The summed E-state index contributed by atoms with van der Waals surface area (Å²) in [7, 11) is 0. The molecule has 4 heteroatoms. The molecule has 1 unspecified atom stereocenters. The Balaban J connectivity index is 2.44. The highest BCUT2D eigenvalue weighted by atomic mass is 16.5. The zero-order chi connectivity index (χ0) is 15.3. The average molecular weight is 278 g/mol. The van der Waals surface area contributed by atoms with Gasteiger partial charge in [0.1, 0.15) is 11.9 Å². The molecule has 0 aliphatic rings. The van der Waals surface area contributed by atoms with Gasteiger partial charge in [-0.05, 0) is 37.0 Å². The van der Waals surface area contributed by atoms with Crippen LogP contribution < -0.4 is 15.8 Å². The van der Waals surface area contributed by atoms with Crippen LogP contribution in [0, 0.1) is 12.3 Å². The summed E-state index contributed by atoms with van der Waals surface area (Å²) in [5, 5.41) is 2.83. The van der Waals surface area contributed by atoms with E-state index in [1.165, 1.54) is 0 Å². The lowest BCUT2D eigenvalue weighted by atomic mass is 9.87. The second-order valence-electron chi connectivity index (χ2n) is 6.33. The molecule has 0 saturated heterocycles. The van der Waals surface area contributed by atoms with Crippen LogP contribution in [0.15, 0.2) is 24.3 Å². The van der Waals surface area contributed by atoms with Crippen molar-refractivity contribution in [2.75, 3.05) is 6.54 Å². The number of ether oxygens (including phenoxy) is 1. The highest BCUT2D eigenvalue weighted by Gasteiger charge is 2.27. The maximum absolute atomic E-state index is 11.9. The highest BCUT2D eigenvalue weighted by molar-refractivity contribution is 5.82. The third kappa shape index (κ3) is 5.21. The van der Waals surface area contributed by atoms with E-state index in [4.69, 9.17) is 10.5 Å². The van der Waals surface area contributed by atoms with Gasteiger partial charge in [-0.15, -0.1) is 0 Å². The largest absolute Gasteiger partial charge is 0.489 e. The fourth-order valence-corrected chi connectivity index (χ4v) is 1.71. The molecule has 1 aromatic carbocycles. The van der Waals surface area contributed by atoms with Crippen molar-refractivity contribution < 1.29 is 9.53 Å². The number of carbonyl (C=O) groups excluding carboxylic acids is 1. The first kappa shape index (κ1) is 16.5. The van der Waals surface area contributed by atoms with Crippen molar-refractivity contribution in [2.24, 2.45) is 11.1 Å². The minimum absolute atomic E-state index is 0.104. The molecule has 0 bridgehead atoms. The normalized spacial score (nSPS) is 14.5. The predicted octanol–water partition coefficient (Wildman–Crippen LogP) is 2.25. The first-order valence-electron chi connectivity index (χ1n) is 6.97. The van der Waals surface area contributed by atoms with Gasteiger partial charge in [-0.25, -0.2) is 0 Å². The van der Waals surface area contributed by atoms with Crippen LogP contribution in [0.4, 0.5) is 0 Å². The zero-order valence-corrected chi connectivity index (χ0v) is 13.1. The third-order valence-corrected chi connectivity index (χ3v) is 3.11. The van der Waals surface area contributed by atoms with E-state index in [9.17, 15) is 4.79 Å². The van der Waals surface area contributed by atoms with Gasteiger partial charge in [-0.3, -0.25) is 4.79 Å². The summed E-state index contributed by atoms with van der Waals surface area (Å²) in [6.07, 6.45) is -0.104. The van der Waals surface area contributed by atoms with E-state index in [-0.39, 0.29) is 17.4 Å². The van der Waals surface area contributed by atoms with Gasteiger partial charge in [-0.1, -0.05) is 32.9 Å². The maximum Gasteiger partial charge on any atom is 0.237 e. The summed E-state index contributed by atoms with van der Waals surface area (Å²) in [4.78, 5) is 11.9. The lowest BCUT2D eigenvalue weighted by Gasteiger charge is -2.26. The number of carbonyl (C=O) groups is 1. The van der Waals surface area contributed by atoms with Crippen LogP contribution in [0.25, 0.3) is 0 Å². The zero-order valence-electron chi connectivity index (χ0n) is 13.1. The summed E-state index contributed by atoms with van der Waals surface area (Å²) in [5.74, 6) is 0.670. The van der Waals surface area contributed by atoms with E-state index >= 15 is 0 Å². The number of amides is 1. The minimum Gasteiger partial charge on any atom is -0.489 e. The van der Waals surface area contributed by atoms with Crippen molar-refractivity contribution in [3.05, 3.63) is 29.8 Å². The molecule has 1 rings (SSSR count). The molecule has 0 aliphatic carbocycles. The van der Waals surface area contributed by atoms with E-state index < -0.39 is 6.04 Å². The SMILES string of the molecule is Cc1cccc(OC(C)CNC(=O)[C@@H](N)C(C)(C)C)c1. The first-order valence-corrected chi connectivity index (χ1v) is 6.97. The standard InChI is InChI=1S/C16H26N2O2/c1-11-7-6-8-13(9-11)20-12(2)10-18-15(19)14(17)16(3,4)5/h6-9,12,14H,10,17H2,1-5H3,(H,18,19)/t12?,14-/m1/s1. The van der Waals surface area contributed by atoms with E-state index in [1.807, 2.05) is 58.9 Å². The molecule has 0 saturated carbocycles. The van der Waals surface area contributed by atoms with Gasteiger partial charge in [0.15, 0.2) is 0 Å². The van der Waals surface area contributed by atoms with E-state index in [0.29, 0.717) is 6.54 Å². The number of nitrogens with one attached hydrogen (secondary N) is 1. The Morgan fingerprint density at radius 3 is 2.60 bits per heavy atom. The number of rotatable bonds is 5. The van der Waals surface area contributed by atoms with Crippen LogP contribution in [-0.4, -0.2) is 24.6 Å². The second-order valence-corrected chi connectivity index (χ2v) is 6.33.